The number of benzene rings is 1. The number of aryl methyl sites for hydroxylation is 1. The number of pyridine rings is 1. The molecule has 3 nitrogen and oxygen atoms in total. The number of imidazole rings is 1. The minimum atomic E-state index is 0. The molecule has 2 heterocycles. The van der Waals surface area contributed by atoms with E-state index in [1.807, 2.05) is 30.6 Å². The molecule has 0 saturated heterocycles. The summed E-state index contributed by atoms with van der Waals surface area (Å²) in [4.78, 5) is 9.03. The molecule has 0 aliphatic carbocycles. The molecular weight excluding hydrogens is 462 g/mol. The first kappa shape index (κ1) is 17.6. The summed E-state index contributed by atoms with van der Waals surface area (Å²) in [6, 6.07) is 12.3. The normalized spacial score (nSPS) is 11.1. The van der Waals surface area contributed by atoms with Gasteiger partial charge in [-0.3, -0.25) is 4.98 Å². The summed E-state index contributed by atoms with van der Waals surface area (Å²) in [5, 5.41) is 0. The maximum atomic E-state index is 4.52. The van der Waals surface area contributed by atoms with Crippen LogP contribution in [-0.2, 0) is 25.5 Å². The summed E-state index contributed by atoms with van der Waals surface area (Å²) in [5.74, 6) is 0.872. The summed E-state index contributed by atoms with van der Waals surface area (Å²) in [6.45, 7) is 8.57. The van der Waals surface area contributed by atoms with Gasteiger partial charge in [0.2, 0.25) is 0 Å². The van der Waals surface area contributed by atoms with E-state index in [4.69, 9.17) is 0 Å². The van der Waals surface area contributed by atoms with Crippen LogP contribution in [0.4, 0.5) is 0 Å². The molecule has 0 N–H and O–H groups in total. The molecule has 2 aromatic heterocycles. The Kier molecular flexibility index (Phi) is 5.18. The van der Waals surface area contributed by atoms with Gasteiger partial charge in [0.15, 0.2) is 0 Å². The van der Waals surface area contributed by atoms with Crippen LogP contribution >= 0.6 is 0 Å². The Labute approximate surface area is 151 Å². The van der Waals surface area contributed by atoms with Crippen LogP contribution in [0.15, 0.2) is 48.8 Å². The largest absolute Gasteiger partial charge is 0.356 e. The van der Waals surface area contributed by atoms with Crippen LogP contribution in [0.3, 0.4) is 0 Å². The van der Waals surface area contributed by atoms with Gasteiger partial charge in [0, 0.05) is 38.2 Å². The fraction of sp³-hybridized carbons (Fsp3) is 0.263. The molecule has 0 aliphatic rings. The first-order valence-electron chi connectivity index (χ1n) is 7.46. The van der Waals surface area contributed by atoms with E-state index < -0.39 is 0 Å². The average molecular weight is 483 g/mol. The van der Waals surface area contributed by atoms with Crippen LogP contribution in [0.25, 0.3) is 17.1 Å². The SMILES string of the molecule is Cc1cc(C(C)(C)C)n[c-]c1-c1nccn1-c1ccccc1.[Ir]. The maximum Gasteiger partial charge on any atom is 0.0620 e. The van der Waals surface area contributed by atoms with Crippen molar-refractivity contribution in [3.05, 3.63) is 66.2 Å². The van der Waals surface area contributed by atoms with Gasteiger partial charge in [-0.05, 0) is 29.4 Å². The monoisotopic (exact) mass is 483 g/mol. The van der Waals surface area contributed by atoms with E-state index in [0.717, 1.165) is 28.3 Å². The average Bonchev–Trinajstić information content (AvgIpc) is 2.96. The van der Waals surface area contributed by atoms with Crippen LogP contribution in [-0.4, -0.2) is 14.5 Å². The Hall–Kier alpha value is -1.77. The van der Waals surface area contributed by atoms with E-state index in [-0.39, 0.29) is 25.5 Å². The van der Waals surface area contributed by atoms with Gasteiger partial charge in [0.05, 0.1) is 5.82 Å². The molecular formula is C19H20IrN3-. The summed E-state index contributed by atoms with van der Waals surface area (Å²) in [5.41, 5.74) is 4.24. The number of para-hydroxylation sites is 1. The van der Waals surface area contributed by atoms with Crippen molar-refractivity contribution in [1.82, 2.24) is 14.5 Å². The molecule has 23 heavy (non-hydrogen) atoms. The zero-order valence-electron chi connectivity index (χ0n) is 13.8. The molecule has 1 radical (unpaired) electrons. The number of nitrogens with zero attached hydrogens (tertiary/aromatic N) is 3. The molecule has 0 amide bonds. The minimum absolute atomic E-state index is 0. The summed E-state index contributed by atoms with van der Waals surface area (Å²) in [7, 11) is 0. The summed E-state index contributed by atoms with van der Waals surface area (Å²) >= 11 is 0. The molecule has 121 valence electrons. The van der Waals surface area contributed by atoms with Gasteiger partial charge in [-0.1, -0.05) is 51.5 Å². The zero-order chi connectivity index (χ0) is 15.7. The van der Waals surface area contributed by atoms with E-state index in [2.05, 4.69) is 66.6 Å². The van der Waals surface area contributed by atoms with Gasteiger partial charge in [0.25, 0.3) is 0 Å². The van der Waals surface area contributed by atoms with E-state index in [1.54, 1.807) is 0 Å². The van der Waals surface area contributed by atoms with Crippen molar-refractivity contribution in [1.29, 1.82) is 0 Å². The molecule has 0 spiro atoms. The van der Waals surface area contributed by atoms with E-state index in [9.17, 15) is 0 Å². The van der Waals surface area contributed by atoms with Gasteiger partial charge in [0.1, 0.15) is 0 Å². The molecule has 0 aliphatic heterocycles. The van der Waals surface area contributed by atoms with Crippen LogP contribution in [0.5, 0.6) is 0 Å². The Morgan fingerprint density at radius 3 is 2.39 bits per heavy atom. The maximum absolute atomic E-state index is 4.52. The predicted octanol–water partition coefficient (Wildman–Crippen LogP) is 4.34. The van der Waals surface area contributed by atoms with E-state index in [0.29, 0.717) is 0 Å². The van der Waals surface area contributed by atoms with Crippen LogP contribution in [0.1, 0.15) is 32.0 Å². The number of hydrogen-bond acceptors (Lipinski definition) is 2. The Morgan fingerprint density at radius 2 is 1.78 bits per heavy atom. The molecule has 0 fully saturated rings. The van der Waals surface area contributed by atoms with Crippen LogP contribution < -0.4 is 0 Å². The molecule has 3 rings (SSSR count). The van der Waals surface area contributed by atoms with Crippen molar-refractivity contribution >= 4 is 0 Å². The first-order valence-corrected chi connectivity index (χ1v) is 7.46. The van der Waals surface area contributed by atoms with Gasteiger partial charge in [-0.15, -0.1) is 11.6 Å². The molecule has 0 unspecified atom stereocenters. The molecule has 0 bridgehead atoms. The van der Waals surface area contributed by atoms with Gasteiger partial charge in [-0.2, -0.15) is 0 Å². The van der Waals surface area contributed by atoms with Gasteiger partial charge >= 0.3 is 0 Å². The third kappa shape index (κ3) is 3.60. The second-order valence-corrected chi connectivity index (χ2v) is 6.52. The molecule has 0 atom stereocenters. The second kappa shape index (κ2) is 6.77. The zero-order valence-corrected chi connectivity index (χ0v) is 16.2. The third-order valence-corrected chi connectivity index (χ3v) is 3.70. The van der Waals surface area contributed by atoms with E-state index >= 15 is 0 Å². The Balaban J connectivity index is 0.00000192. The summed E-state index contributed by atoms with van der Waals surface area (Å²) in [6.07, 6.45) is 6.97. The third-order valence-electron chi connectivity index (χ3n) is 3.70. The van der Waals surface area contributed by atoms with Crippen LogP contribution in [0.2, 0.25) is 0 Å². The summed E-state index contributed by atoms with van der Waals surface area (Å²) < 4.78 is 2.07. The Bertz CT molecular complexity index is 786. The molecule has 1 aromatic carbocycles. The fourth-order valence-corrected chi connectivity index (χ4v) is 2.41. The van der Waals surface area contributed by atoms with Gasteiger partial charge in [-0.25, -0.2) is 0 Å². The first-order chi connectivity index (χ1) is 10.5. The predicted molar refractivity (Wildman–Crippen MR) is 89.1 cm³/mol. The van der Waals surface area contributed by atoms with Crippen molar-refractivity contribution in [2.24, 2.45) is 0 Å². The number of aromatic nitrogens is 3. The second-order valence-electron chi connectivity index (χ2n) is 6.52. The minimum Gasteiger partial charge on any atom is -0.356 e. The molecule has 0 saturated carbocycles. The van der Waals surface area contributed by atoms with Crippen molar-refractivity contribution < 1.29 is 20.1 Å². The van der Waals surface area contributed by atoms with Crippen LogP contribution in [0, 0.1) is 13.1 Å². The standard InChI is InChI=1S/C19H20N3.Ir/c1-14-12-17(19(2,3)4)21-13-16(14)18-20-10-11-22(18)15-8-6-5-7-9-15;/h5-12H,1-4H3;/q-1;. The number of rotatable bonds is 2. The number of hydrogen-bond donors (Lipinski definition) is 0. The molecule has 3 aromatic rings. The van der Waals surface area contributed by atoms with E-state index in [1.165, 1.54) is 0 Å². The van der Waals surface area contributed by atoms with Crippen molar-refractivity contribution in [3.8, 4) is 17.1 Å². The topological polar surface area (TPSA) is 30.7 Å². The van der Waals surface area contributed by atoms with Crippen molar-refractivity contribution in [2.45, 2.75) is 33.1 Å². The fourth-order valence-electron chi connectivity index (χ4n) is 2.41. The quantitative estimate of drug-likeness (QED) is 0.509. The smallest absolute Gasteiger partial charge is 0.0620 e. The van der Waals surface area contributed by atoms with Crippen molar-refractivity contribution in [2.75, 3.05) is 0 Å². The van der Waals surface area contributed by atoms with Crippen molar-refractivity contribution in [3.63, 3.8) is 0 Å². The molecule has 4 heteroatoms. The Morgan fingerprint density at radius 1 is 1.09 bits per heavy atom. The van der Waals surface area contributed by atoms with Gasteiger partial charge < -0.3 is 9.55 Å².